The third-order valence-corrected chi connectivity index (χ3v) is 2.49. The predicted molar refractivity (Wildman–Crippen MR) is 74.0 cm³/mol. The van der Waals surface area contributed by atoms with Gasteiger partial charge in [0, 0.05) is 25.7 Å². The molecule has 0 saturated carbocycles. The Bertz CT molecular complexity index is 344. The number of hydrogen-bond donors (Lipinski definition) is 1. The van der Waals surface area contributed by atoms with E-state index in [1.807, 2.05) is 19.9 Å². The molecule has 1 aromatic heterocycles. The highest BCUT2D eigenvalue weighted by molar-refractivity contribution is 5.40. The second kappa shape index (κ2) is 7.87. The van der Waals surface area contributed by atoms with Crippen molar-refractivity contribution in [3.05, 3.63) is 12.4 Å². The summed E-state index contributed by atoms with van der Waals surface area (Å²) in [4.78, 5) is 10.6. The van der Waals surface area contributed by atoms with Crippen LogP contribution in [0.1, 0.15) is 33.6 Å². The molecule has 0 aliphatic rings. The predicted octanol–water partition coefficient (Wildman–Crippen LogP) is 1.83. The summed E-state index contributed by atoms with van der Waals surface area (Å²) in [6.07, 6.45) is 3.94. The molecule has 1 heterocycles. The third kappa shape index (κ3) is 4.87. The van der Waals surface area contributed by atoms with E-state index in [2.05, 4.69) is 21.8 Å². The van der Waals surface area contributed by atoms with Crippen LogP contribution in [0.25, 0.3) is 0 Å². The third-order valence-electron chi connectivity index (χ3n) is 2.49. The van der Waals surface area contributed by atoms with E-state index in [-0.39, 0.29) is 6.10 Å². The maximum atomic E-state index is 5.64. The lowest BCUT2D eigenvalue weighted by molar-refractivity contribution is 0.232. The van der Waals surface area contributed by atoms with E-state index in [0.29, 0.717) is 12.4 Å². The SMILES string of the molecule is CCCCN(CCN)c1cc(OC(C)C)ncn1. The Labute approximate surface area is 109 Å². The van der Waals surface area contributed by atoms with Crippen LogP contribution in [0.2, 0.25) is 0 Å². The Morgan fingerprint density at radius 2 is 2.11 bits per heavy atom. The summed E-state index contributed by atoms with van der Waals surface area (Å²) in [5.74, 6) is 1.51. The molecule has 0 amide bonds. The van der Waals surface area contributed by atoms with Crippen molar-refractivity contribution >= 4 is 5.82 Å². The number of anilines is 1. The molecule has 102 valence electrons. The molecule has 1 aromatic rings. The molecule has 5 nitrogen and oxygen atoms in total. The average Bonchev–Trinajstić information content (AvgIpc) is 2.34. The maximum absolute atomic E-state index is 5.64. The van der Waals surface area contributed by atoms with Crippen molar-refractivity contribution in [2.45, 2.75) is 39.7 Å². The zero-order valence-corrected chi connectivity index (χ0v) is 11.6. The van der Waals surface area contributed by atoms with Crippen molar-refractivity contribution in [2.24, 2.45) is 5.73 Å². The lowest BCUT2D eigenvalue weighted by atomic mass is 10.3. The van der Waals surface area contributed by atoms with Crippen LogP contribution in [0.5, 0.6) is 5.88 Å². The highest BCUT2D eigenvalue weighted by atomic mass is 16.5. The minimum absolute atomic E-state index is 0.117. The van der Waals surface area contributed by atoms with Crippen LogP contribution in [-0.4, -0.2) is 35.7 Å². The minimum atomic E-state index is 0.117. The fourth-order valence-electron chi connectivity index (χ4n) is 1.65. The summed E-state index contributed by atoms with van der Waals surface area (Å²) in [7, 11) is 0. The first-order chi connectivity index (χ1) is 8.67. The number of nitrogens with two attached hydrogens (primary N) is 1. The van der Waals surface area contributed by atoms with Gasteiger partial charge in [-0.1, -0.05) is 13.3 Å². The summed E-state index contributed by atoms with van der Waals surface area (Å²) in [5.41, 5.74) is 5.64. The zero-order chi connectivity index (χ0) is 13.4. The number of unbranched alkanes of at least 4 members (excludes halogenated alkanes) is 1. The molecule has 0 aliphatic carbocycles. The van der Waals surface area contributed by atoms with Gasteiger partial charge in [-0.3, -0.25) is 0 Å². The molecule has 5 heteroatoms. The molecule has 1 rings (SSSR count). The second-order valence-corrected chi connectivity index (χ2v) is 4.51. The van der Waals surface area contributed by atoms with Crippen molar-refractivity contribution < 1.29 is 4.74 Å². The molecule has 0 aliphatic heterocycles. The molecular weight excluding hydrogens is 228 g/mol. The monoisotopic (exact) mass is 252 g/mol. The van der Waals surface area contributed by atoms with Gasteiger partial charge in [-0.2, -0.15) is 0 Å². The summed E-state index contributed by atoms with van der Waals surface area (Å²) in [6.45, 7) is 8.53. The maximum Gasteiger partial charge on any atom is 0.218 e. The highest BCUT2D eigenvalue weighted by Crippen LogP contribution is 2.17. The fourth-order valence-corrected chi connectivity index (χ4v) is 1.65. The molecular formula is C13H24N4O. The number of nitrogens with zero attached hydrogens (tertiary/aromatic N) is 3. The van der Waals surface area contributed by atoms with Crippen LogP contribution in [0.3, 0.4) is 0 Å². The van der Waals surface area contributed by atoms with Gasteiger partial charge in [0.15, 0.2) is 0 Å². The van der Waals surface area contributed by atoms with Gasteiger partial charge in [-0.05, 0) is 20.3 Å². The van der Waals surface area contributed by atoms with E-state index in [1.165, 1.54) is 0 Å². The Balaban J connectivity index is 2.76. The van der Waals surface area contributed by atoms with E-state index in [1.54, 1.807) is 6.33 Å². The van der Waals surface area contributed by atoms with Crippen LogP contribution in [0.15, 0.2) is 12.4 Å². The topological polar surface area (TPSA) is 64.3 Å². The van der Waals surface area contributed by atoms with Gasteiger partial charge in [0.05, 0.1) is 6.10 Å². The number of rotatable bonds is 8. The Morgan fingerprint density at radius 1 is 1.33 bits per heavy atom. The molecule has 0 aromatic carbocycles. The number of ether oxygens (including phenoxy) is 1. The van der Waals surface area contributed by atoms with Gasteiger partial charge in [-0.25, -0.2) is 9.97 Å². The molecule has 0 spiro atoms. The zero-order valence-electron chi connectivity index (χ0n) is 11.6. The highest BCUT2D eigenvalue weighted by Gasteiger charge is 2.09. The van der Waals surface area contributed by atoms with Crippen molar-refractivity contribution in [3.63, 3.8) is 0 Å². The largest absolute Gasteiger partial charge is 0.475 e. The Morgan fingerprint density at radius 3 is 2.72 bits per heavy atom. The summed E-state index contributed by atoms with van der Waals surface area (Å²) < 4.78 is 5.58. The lowest BCUT2D eigenvalue weighted by Gasteiger charge is -2.23. The Hall–Kier alpha value is -1.36. The molecule has 0 radical (unpaired) electrons. The van der Waals surface area contributed by atoms with Crippen LogP contribution in [0, 0.1) is 0 Å². The van der Waals surface area contributed by atoms with Gasteiger partial charge in [0.2, 0.25) is 5.88 Å². The second-order valence-electron chi connectivity index (χ2n) is 4.51. The summed E-state index contributed by atoms with van der Waals surface area (Å²) >= 11 is 0. The van der Waals surface area contributed by atoms with Gasteiger partial charge in [0.1, 0.15) is 12.1 Å². The standard InChI is InChI=1S/C13H24N4O/c1-4-5-7-17(8-6-14)12-9-13(16-10-15-12)18-11(2)3/h9-11H,4-8,14H2,1-3H3. The molecule has 0 bridgehead atoms. The van der Waals surface area contributed by atoms with Crippen LogP contribution >= 0.6 is 0 Å². The van der Waals surface area contributed by atoms with Gasteiger partial charge >= 0.3 is 0 Å². The van der Waals surface area contributed by atoms with Gasteiger partial charge in [-0.15, -0.1) is 0 Å². The first kappa shape index (κ1) is 14.7. The van der Waals surface area contributed by atoms with Crippen molar-refractivity contribution in [3.8, 4) is 5.88 Å². The lowest BCUT2D eigenvalue weighted by Crippen LogP contribution is -2.31. The normalized spacial score (nSPS) is 10.7. The smallest absolute Gasteiger partial charge is 0.218 e. The summed E-state index contributed by atoms with van der Waals surface area (Å²) in [5, 5.41) is 0. The molecule has 0 fully saturated rings. The number of hydrogen-bond acceptors (Lipinski definition) is 5. The first-order valence-electron chi connectivity index (χ1n) is 6.61. The van der Waals surface area contributed by atoms with Crippen molar-refractivity contribution in [1.82, 2.24) is 9.97 Å². The van der Waals surface area contributed by atoms with E-state index in [0.717, 1.165) is 31.7 Å². The fraction of sp³-hybridized carbons (Fsp3) is 0.692. The van der Waals surface area contributed by atoms with E-state index >= 15 is 0 Å². The van der Waals surface area contributed by atoms with E-state index in [4.69, 9.17) is 10.5 Å². The molecule has 0 atom stereocenters. The first-order valence-corrected chi connectivity index (χ1v) is 6.61. The minimum Gasteiger partial charge on any atom is -0.475 e. The van der Waals surface area contributed by atoms with E-state index < -0.39 is 0 Å². The van der Waals surface area contributed by atoms with Crippen molar-refractivity contribution in [2.75, 3.05) is 24.5 Å². The van der Waals surface area contributed by atoms with Crippen LogP contribution in [0.4, 0.5) is 5.82 Å². The van der Waals surface area contributed by atoms with Crippen LogP contribution < -0.4 is 15.4 Å². The number of aromatic nitrogens is 2. The van der Waals surface area contributed by atoms with Gasteiger partial charge < -0.3 is 15.4 Å². The molecule has 0 saturated heterocycles. The van der Waals surface area contributed by atoms with E-state index in [9.17, 15) is 0 Å². The molecule has 18 heavy (non-hydrogen) atoms. The quantitative estimate of drug-likeness (QED) is 0.764. The summed E-state index contributed by atoms with van der Waals surface area (Å²) in [6, 6.07) is 1.88. The molecule has 0 unspecified atom stereocenters. The van der Waals surface area contributed by atoms with Gasteiger partial charge in [0.25, 0.3) is 0 Å². The Kier molecular flexibility index (Phi) is 6.43. The van der Waals surface area contributed by atoms with Crippen molar-refractivity contribution in [1.29, 1.82) is 0 Å². The van der Waals surface area contributed by atoms with Crippen LogP contribution in [-0.2, 0) is 0 Å². The average molecular weight is 252 g/mol. The molecule has 2 N–H and O–H groups in total.